The standard InChI is InChI=1S/C28H38N2O2Si/c1-28(2,3)33(4,5)32-20-18-30(22-24-14-12-23(13-15-24)9-8-19-31)17-16-25-21-29-27-11-7-6-10-26(25)27/h6-15,19,21,29H,16-18,20,22H2,1-5H3/b9-8+. The van der Waals surface area contributed by atoms with Crippen molar-refractivity contribution in [3.8, 4) is 0 Å². The van der Waals surface area contributed by atoms with Crippen LogP contribution in [0.4, 0.5) is 0 Å². The summed E-state index contributed by atoms with van der Waals surface area (Å²) in [5, 5.41) is 1.52. The van der Waals surface area contributed by atoms with Gasteiger partial charge in [0.2, 0.25) is 0 Å². The second kappa shape index (κ2) is 11.1. The van der Waals surface area contributed by atoms with E-state index in [-0.39, 0.29) is 5.04 Å². The fourth-order valence-electron chi connectivity index (χ4n) is 3.68. The van der Waals surface area contributed by atoms with Crippen molar-refractivity contribution in [3.05, 3.63) is 77.5 Å². The average Bonchev–Trinajstić information content (AvgIpc) is 3.19. The average molecular weight is 463 g/mol. The Balaban J connectivity index is 1.68. The maximum Gasteiger partial charge on any atom is 0.192 e. The second-order valence-corrected chi connectivity index (χ2v) is 15.0. The van der Waals surface area contributed by atoms with Gasteiger partial charge in [-0.1, -0.05) is 69.3 Å². The van der Waals surface area contributed by atoms with E-state index >= 15 is 0 Å². The first-order valence-electron chi connectivity index (χ1n) is 11.8. The molecule has 2 aromatic carbocycles. The number of carbonyl (C=O) groups excluding carboxylic acids is 1. The Morgan fingerprint density at radius 1 is 1.03 bits per heavy atom. The molecule has 0 aliphatic heterocycles. The Labute approximate surface area is 199 Å². The summed E-state index contributed by atoms with van der Waals surface area (Å²) in [6.45, 7) is 15.0. The highest BCUT2D eigenvalue weighted by atomic mass is 28.4. The van der Waals surface area contributed by atoms with E-state index in [1.54, 1.807) is 0 Å². The summed E-state index contributed by atoms with van der Waals surface area (Å²) < 4.78 is 6.48. The molecular formula is C28H38N2O2Si. The first kappa shape index (κ1) is 25.2. The van der Waals surface area contributed by atoms with Crippen LogP contribution in [0.1, 0.15) is 37.5 Å². The van der Waals surface area contributed by atoms with Gasteiger partial charge in [0, 0.05) is 43.3 Å². The number of para-hydroxylation sites is 1. The van der Waals surface area contributed by atoms with E-state index in [1.165, 1.54) is 28.1 Å². The van der Waals surface area contributed by atoms with Crippen LogP contribution in [0.25, 0.3) is 17.0 Å². The molecule has 0 unspecified atom stereocenters. The highest BCUT2D eigenvalue weighted by Gasteiger charge is 2.36. The van der Waals surface area contributed by atoms with Gasteiger partial charge in [0.25, 0.3) is 0 Å². The highest BCUT2D eigenvalue weighted by Crippen LogP contribution is 2.36. The maximum absolute atomic E-state index is 10.6. The number of aromatic amines is 1. The Hall–Kier alpha value is -2.47. The van der Waals surface area contributed by atoms with Gasteiger partial charge in [-0.15, -0.1) is 0 Å². The predicted molar refractivity (Wildman–Crippen MR) is 142 cm³/mol. The predicted octanol–water partition coefficient (Wildman–Crippen LogP) is 6.45. The molecule has 0 spiro atoms. The third-order valence-electron chi connectivity index (χ3n) is 6.80. The minimum atomic E-state index is -1.76. The van der Waals surface area contributed by atoms with Crippen molar-refractivity contribution in [3.63, 3.8) is 0 Å². The second-order valence-electron chi connectivity index (χ2n) is 10.2. The van der Waals surface area contributed by atoms with Crippen molar-refractivity contribution in [1.29, 1.82) is 0 Å². The van der Waals surface area contributed by atoms with E-state index in [0.717, 1.165) is 44.5 Å². The van der Waals surface area contributed by atoms with Crippen molar-refractivity contribution < 1.29 is 9.22 Å². The minimum Gasteiger partial charge on any atom is -0.416 e. The fraction of sp³-hybridized carbons (Fsp3) is 0.393. The molecule has 0 radical (unpaired) electrons. The van der Waals surface area contributed by atoms with Gasteiger partial charge >= 0.3 is 0 Å². The Bertz CT molecular complexity index is 1060. The number of fused-ring (bicyclic) bond motifs is 1. The number of H-pyrrole nitrogens is 1. The normalized spacial score (nSPS) is 12.8. The Morgan fingerprint density at radius 3 is 2.45 bits per heavy atom. The number of aromatic nitrogens is 1. The molecule has 1 aromatic heterocycles. The van der Waals surface area contributed by atoms with Crippen LogP contribution in [0.2, 0.25) is 18.1 Å². The van der Waals surface area contributed by atoms with Crippen molar-refractivity contribution in [1.82, 2.24) is 9.88 Å². The molecule has 0 atom stereocenters. The number of allylic oxidation sites excluding steroid dienone is 1. The van der Waals surface area contributed by atoms with Gasteiger partial charge in [0.15, 0.2) is 8.32 Å². The van der Waals surface area contributed by atoms with E-state index in [4.69, 9.17) is 4.43 Å². The van der Waals surface area contributed by atoms with E-state index in [0.29, 0.717) is 0 Å². The smallest absolute Gasteiger partial charge is 0.192 e. The van der Waals surface area contributed by atoms with Crippen molar-refractivity contribution in [2.75, 3.05) is 19.7 Å². The molecule has 3 aromatic rings. The first-order valence-corrected chi connectivity index (χ1v) is 14.7. The summed E-state index contributed by atoms with van der Waals surface area (Å²) in [7, 11) is -1.76. The lowest BCUT2D eigenvalue weighted by atomic mass is 10.1. The van der Waals surface area contributed by atoms with Gasteiger partial charge in [0.1, 0.15) is 6.29 Å². The first-order chi connectivity index (χ1) is 15.7. The molecule has 0 aliphatic carbocycles. The largest absolute Gasteiger partial charge is 0.416 e. The molecule has 0 saturated carbocycles. The number of benzene rings is 2. The van der Waals surface area contributed by atoms with Crippen LogP contribution in [0.3, 0.4) is 0 Å². The minimum absolute atomic E-state index is 0.215. The van der Waals surface area contributed by atoms with Crippen LogP contribution in [0.5, 0.6) is 0 Å². The van der Waals surface area contributed by atoms with E-state index < -0.39 is 8.32 Å². The Kier molecular flexibility index (Phi) is 8.46. The van der Waals surface area contributed by atoms with Crippen LogP contribution < -0.4 is 0 Å². The zero-order chi connectivity index (χ0) is 23.9. The van der Waals surface area contributed by atoms with Gasteiger partial charge in [-0.25, -0.2) is 0 Å². The number of carbonyl (C=O) groups is 1. The van der Waals surface area contributed by atoms with Crippen LogP contribution >= 0.6 is 0 Å². The summed E-state index contributed by atoms with van der Waals surface area (Å²) in [5.41, 5.74) is 4.86. The molecule has 1 heterocycles. The molecule has 3 rings (SSSR count). The molecule has 0 bridgehead atoms. The lowest BCUT2D eigenvalue weighted by molar-refractivity contribution is -0.104. The van der Waals surface area contributed by atoms with Crippen LogP contribution in [0.15, 0.2) is 60.8 Å². The summed E-state index contributed by atoms with van der Waals surface area (Å²) in [5.74, 6) is 0. The van der Waals surface area contributed by atoms with Gasteiger partial charge in [-0.05, 0) is 53.4 Å². The van der Waals surface area contributed by atoms with E-state index in [1.807, 2.05) is 6.08 Å². The third-order valence-corrected chi connectivity index (χ3v) is 11.3. The fourth-order valence-corrected chi connectivity index (χ4v) is 4.71. The third kappa shape index (κ3) is 7.00. The van der Waals surface area contributed by atoms with Gasteiger partial charge in [-0.2, -0.15) is 0 Å². The number of hydrogen-bond donors (Lipinski definition) is 1. The summed E-state index contributed by atoms with van der Waals surface area (Å²) in [6.07, 6.45) is 7.30. The molecule has 5 heteroatoms. The molecule has 176 valence electrons. The van der Waals surface area contributed by atoms with Crippen LogP contribution in [0, 0.1) is 0 Å². The summed E-state index contributed by atoms with van der Waals surface area (Å²) in [6, 6.07) is 16.9. The zero-order valence-electron chi connectivity index (χ0n) is 20.7. The van der Waals surface area contributed by atoms with Gasteiger partial charge < -0.3 is 9.41 Å². The molecule has 0 aliphatic rings. The van der Waals surface area contributed by atoms with Crippen molar-refractivity contribution >= 4 is 31.6 Å². The molecule has 33 heavy (non-hydrogen) atoms. The Morgan fingerprint density at radius 2 is 1.76 bits per heavy atom. The van der Waals surface area contributed by atoms with Crippen molar-refractivity contribution in [2.45, 2.75) is 51.9 Å². The number of nitrogens with zero attached hydrogens (tertiary/aromatic N) is 1. The van der Waals surface area contributed by atoms with Gasteiger partial charge in [-0.3, -0.25) is 9.69 Å². The molecule has 0 fully saturated rings. The SMILES string of the molecule is CC(C)(C)[Si](C)(C)OCCN(CCc1c[nH]c2ccccc12)Cc1ccc(/C=C/C=O)cc1. The maximum atomic E-state index is 10.6. The van der Waals surface area contributed by atoms with E-state index in [2.05, 4.69) is 98.5 Å². The van der Waals surface area contributed by atoms with Gasteiger partial charge in [0.05, 0.1) is 0 Å². The quantitative estimate of drug-likeness (QED) is 0.202. The summed E-state index contributed by atoms with van der Waals surface area (Å²) >= 11 is 0. The van der Waals surface area contributed by atoms with Crippen LogP contribution in [-0.4, -0.2) is 44.2 Å². The number of nitrogens with one attached hydrogen (secondary N) is 1. The lowest BCUT2D eigenvalue weighted by Gasteiger charge is -2.37. The molecule has 1 N–H and O–H groups in total. The molecule has 4 nitrogen and oxygen atoms in total. The van der Waals surface area contributed by atoms with Crippen LogP contribution in [-0.2, 0) is 22.2 Å². The number of hydrogen-bond acceptors (Lipinski definition) is 3. The number of rotatable bonds is 11. The van der Waals surface area contributed by atoms with E-state index in [9.17, 15) is 4.79 Å². The topological polar surface area (TPSA) is 45.3 Å². The molecular weight excluding hydrogens is 424 g/mol. The zero-order valence-corrected chi connectivity index (χ0v) is 21.7. The molecule has 0 amide bonds. The highest BCUT2D eigenvalue weighted by molar-refractivity contribution is 6.74. The van der Waals surface area contributed by atoms with Crippen molar-refractivity contribution in [2.24, 2.45) is 0 Å². The lowest BCUT2D eigenvalue weighted by Crippen LogP contribution is -2.43. The number of aldehydes is 1. The summed E-state index contributed by atoms with van der Waals surface area (Å²) in [4.78, 5) is 16.5. The molecule has 0 saturated heterocycles. The monoisotopic (exact) mass is 462 g/mol.